The van der Waals surface area contributed by atoms with E-state index in [1.54, 1.807) is 24.3 Å². The van der Waals surface area contributed by atoms with Crippen LogP contribution in [0.25, 0.3) is 11.1 Å². The molecular weight excluding hydrogens is 406 g/mol. The zero-order valence-electron chi connectivity index (χ0n) is 13.4. The maximum absolute atomic E-state index is 12.4. The van der Waals surface area contributed by atoms with Crippen molar-refractivity contribution in [2.45, 2.75) is 24.7 Å². The molecule has 0 atom stereocenters. The van der Waals surface area contributed by atoms with Gasteiger partial charge >= 0.3 is 6.01 Å². The monoisotopic (exact) mass is 421 g/mol. The first-order chi connectivity index (χ1) is 12.0. The van der Waals surface area contributed by atoms with E-state index in [1.165, 1.54) is 0 Å². The van der Waals surface area contributed by atoms with Crippen LogP contribution in [0.5, 0.6) is 0 Å². The molecular formula is C17H16BrN3O3S. The van der Waals surface area contributed by atoms with Gasteiger partial charge in [0.25, 0.3) is 10.0 Å². The molecule has 1 heterocycles. The highest BCUT2D eigenvalue weighted by Gasteiger charge is 2.18. The van der Waals surface area contributed by atoms with E-state index in [0.29, 0.717) is 12.3 Å². The van der Waals surface area contributed by atoms with Crippen LogP contribution in [0.1, 0.15) is 19.2 Å². The molecule has 25 heavy (non-hydrogen) atoms. The Morgan fingerprint density at radius 1 is 1.00 bits per heavy atom. The number of sulfonamides is 1. The lowest BCUT2D eigenvalue weighted by molar-refractivity contribution is 0.504. The number of nitrogens with one attached hydrogen (secondary N) is 1. The molecule has 3 aromatic rings. The maximum Gasteiger partial charge on any atom is 0.329 e. The van der Waals surface area contributed by atoms with Crippen molar-refractivity contribution < 1.29 is 12.8 Å². The van der Waals surface area contributed by atoms with Gasteiger partial charge < -0.3 is 4.42 Å². The van der Waals surface area contributed by atoms with E-state index in [1.807, 2.05) is 31.2 Å². The quantitative estimate of drug-likeness (QED) is 0.642. The average Bonchev–Trinajstić information content (AvgIpc) is 3.02. The van der Waals surface area contributed by atoms with Crippen LogP contribution >= 0.6 is 15.9 Å². The highest BCUT2D eigenvalue weighted by atomic mass is 79.9. The molecule has 1 N–H and O–H groups in total. The number of rotatable bonds is 6. The van der Waals surface area contributed by atoms with Gasteiger partial charge in [-0.15, -0.1) is 5.10 Å². The van der Waals surface area contributed by atoms with Crippen LogP contribution in [0.2, 0.25) is 0 Å². The van der Waals surface area contributed by atoms with Crippen molar-refractivity contribution in [2.75, 3.05) is 4.72 Å². The Kier molecular flexibility index (Phi) is 5.19. The van der Waals surface area contributed by atoms with Crippen molar-refractivity contribution in [1.82, 2.24) is 10.2 Å². The third kappa shape index (κ3) is 4.26. The van der Waals surface area contributed by atoms with Crippen LogP contribution in [0.15, 0.2) is 62.3 Å². The number of benzene rings is 2. The Bertz CT molecular complexity index is 952. The van der Waals surface area contributed by atoms with Crippen LogP contribution in [-0.2, 0) is 16.4 Å². The molecule has 1 aromatic heterocycles. The second-order valence-corrected chi connectivity index (χ2v) is 7.99. The Morgan fingerprint density at radius 3 is 2.20 bits per heavy atom. The predicted octanol–water partition coefficient (Wildman–Crippen LogP) is 4.25. The van der Waals surface area contributed by atoms with Crippen LogP contribution < -0.4 is 4.72 Å². The molecule has 0 bridgehead atoms. The summed E-state index contributed by atoms with van der Waals surface area (Å²) in [4.78, 5) is 0.128. The number of hydrogen-bond acceptors (Lipinski definition) is 5. The zero-order valence-corrected chi connectivity index (χ0v) is 15.8. The van der Waals surface area contributed by atoms with Crippen molar-refractivity contribution in [2.24, 2.45) is 0 Å². The molecule has 0 spiro atoms. The topological polar surface area (TPSA) is 85.1 Å². The first-order valence-electron chi connectivity index (χ1n) is 7.69. The lowest BCUT2D eigenvalue weighted by atomic mass is 10.1. The standard InChI is InChI=1S/C17H16BrN3O3S/c1-2-3-16-19-20-17(24-16)21-25(22,23)15-10-6-13(7-11-15)12-4-8-14(18)9-5-12/h4-11H,2-3H2,1H3,(H,20,21). The minimum atomic E-state index is -3.77. The highest BCUT2D eigenvalue weighted by molar-refractivity contribution is 9.10. The van der Waals surface area contributed by atoms with E-state index in [2.05, 4.69) is 30.8 Å². The van der Waals surface area contributed by atoms with Gasteiger partial charge in [-0.3, -0.25) is 0 Å². The van der Waals surface area contributed by atoms with Gasteiger partial charge in [-0.25, -0.2) is 13.1 Å². The van der Waals surface area contributed by atoms with Crippen molar-refractivity contribution in [3.8, 4) is 11.1 Å². The van der Waals surface area contributed by atoms with Crippen molar-refractivity contribution in [1.29, 1.82) is 0 Å². The van der Waals surface area contributed by atoms with Crippen molar-refractivity contribution >= 4 is 32.0 Å². The van der Waals surface area contributed by atoms with Gasteiger partial charge in [0.2, 0.25) is 5.89 Å². The lowest BCUT2D eigenvalue weighted by Gasteiger charge is -2.06. The lowest BCUT2D eigenvalue weighted by Crippen LogP contribution is -2.13. The van der Waals surface area contributed by atoms with E-state index in [0.717, 1.165) is 22.0 Å². The molecule has 130 valence electrons. The molecule has 2 aromatic carbocycles. The first kappa shape index (κ1) is 17.6. The maximum atomic E-state index is 12.4. The summed E-state index contributed by atoms with van der Waals surface area (Å²) in [6, 6.07) is 14.3. The molecule has 0 saturated heterocycles. The molecule has 6 nitrogen and oxygen atoms in total. The molecule has 0 saturated carbocycles. The molecule has 3 rings (SSSR count). The fourth-order valence-electron chi connectivity index (χ4n) is 2.25. The van der Waals surface area contributed by atoms with Crippen LogP contribution in [0, 0.1) is 0 Å². The summed E-state index contributed by atoms with van der Waals surface area (Å²) in [7, 11) is -3.77. The summed E-state index contributed by atoms with van der Waals surface area (Å²) < 4.78 is 33.4. The number of aryl methyl sites for hydroxylation is 1. The largest absolute Gasteiger partial charge is 0.407 e. The van der Waals surface area contributed by atoms with Crippen LogP contribution in [0.3, 0.4) is 0 Å². The Balaban J connectivity index is 1.78. The smallest absolute Gasteiger partial charge is 0.329 e. The second-order valence-electron chi connectivity index (χ2n) is 5.39. The van der Waals surface area contributed by atoms with Gasteiger partial charge in [0.15, 0.2) is 0 Å². The van der Waals surface area contributed by atoms with Gasteiger partial charge in [-0.05, 0) is 41.8 Å². The molecule has 0 aliphatic heterocycles. The zero-order chi connectivity index (χ0) is 17.9. The summed E-state index contributed by atoms with van der Waals surface area (Å²) in [5.74, 6) is 0.408. The Hall–Kier alpha value is -2.19. The van der Waals surface area contributed by atoms with Gasteiger partial charge in [0.1, 0.15) is 0 Å². The Morgan fingerprint density at radius 2 is 1.60 bits per heavy atom. The minimum Gasteiger partial charge on any atom is -0.407 e. The number of nitrogens with zero attached hydrogens (tertiary/aromatic N) is 2. The van der Waals surface area contributed by atoms with Gasteiger partial charge in [0.05, 0.1) is 4.90 Å². The van der Waals surface area contributed by atoms with E-state index < -0.39 is 10.0 Å². The SMILES string of the molecule is CCCc1nnc(NS(=O)(=O)c2ccc(-c3ccc(Br)cc3)cc2)o1. The fourth-order valence-corrected chi connectivity index (χ4v) is 3.44. The summed E-state index contributed by atoms with van der Waals surface area (Å²) in [6.07, 6.45) is 1.45. The summed E-state index contributed by atoms with van der Waals surface area (Å²) in [5, 5.41) is 7.50. The van der Waals surface area contributed by atoms with Crippen molar-refractivity contribution in [3.05, 3.63) is 58.9 Å². The molecule has 0 unspecified atom stereocenters. The molecule has 8 heteroatoms. The van der Waals surface area contributed by atoms with E-state index >= 15 is 0 Å². The second kappa shape index (κ2) is 7.37. The van der Waals surface area contributed by atoms with E-state index in [4.69, 9.17) is 4.42 Å². The third-order valence-corrected chi connectivity index (χ3v) is 5.36. The fraction of sp³-hybridized carbons (Fsp3) is 0.176. The highest BCUT2D eigenvalue weighted by Crippen LogP contribution is 2.24. The normalized spacial score (nSPS) is 11.4. The molecule has 0 radical (unpaired) electrons. The van der Waals surface area contributed by atoms with Gasteiger partial charge in [-0.2, -0.15) is 0 Å². The van der Waals surface area contributed by atoms with Gasteiger partial charge in [-0.1, -0.05) is 52.2 Å². The van der Waals surface area contributed by atoms with Crippen LogP contribution in [-0.4, -0.2) is 18.6 Å². The molecule has 0 aliphatic carbocycles. The number of halogens is 1. The Labute approximate surface area is 154 Å². The molecule has 0 fully saturated rings. The molecule has 0 aliphatic rings. The number of aromatic nitrogens is 2. The minimum absolute atomic E-state index is 0.125. The number of hydrogen-bond donors (Lipinski definition) is 1. The van der Waals surface area contributed by atoms with Crippen molar-refractivity contribution in [3.63, 3.8) is 0 Å². The first-order valence-corrected chi connectivity index (χ1v) is 9.97. The van der Waals surface area contributed by atoms with E-state index in [-0.39, 0.29) is 10.9 Å². The average molecular weight is 422 g/mol. The summed E-state index contributed by atoms with van der Waals surface area (Å²) >= 11 is 3.39. The van der Waals surface area contributed by atoms with E-state index in [9.17, 15) is 8.42 Å². The van der Waals surface area contributed by atoms with Gasteiger partial charge in [0, 0.05) is 10.9 Å². The molecule has 0 amide bonds. The number of anilines is 1. The third-order valence-electron chi connectivity index (χ3n) is 3.49. The summed E-state index contributed by atoms with van der Waals surface area (Å²) in [6.45, 7) is 1.97. The predicted molar refractivity (Wildman–Crippen MR) is 98.7 cm³/mol. The summed E-state index contributed by atoms with van der Waals surface area (Å²) in [5.41, 5.74) is 1.93. The van der Waals surface area contributed by atoms with Crippen LogP contribution in [0.4, 0.5) is 6.01 Å².